The van der Waals surface area contributed by atoms with Gasteiger partial charge in [0.05, 0.1) is 27.9 Å². The highest BCUT2D eigenvalue weighted by Crippen LogP contribution is 2.36. The lowest BCUT2D eigenvalue weighted by molar-refractivity contribution is 0.0524. The SMILES string of the molecule is CCOC(=O)c1cc(-c2cccc(NC(=O)c3ccc(Cc4c(OC)cc(OC)cc4OC)o3)c2)oc1C. The second-order valence-corrected chi connectivity index (χ2v) is 8.29. The number of esters is 1. The van der Waals surface area contributed by atoms with Crippen LogP contribution in [0.2, 0.25) is 0 Å². The number of aryl methyl sites for hydroxylation is 1. The molecule has 4 aromatic rings. The van der Waals surface area contributed by atoms with Crippen molar-refractivity contribution in [3.05, 3.63) is 83.0 Å². The minimum Gasteiger partial charge on any atom is -0.496 e. The number of carbonyl (C=O) groups is 2. The van der Waals surface area contributed by atoms with Gasteiger partial charge in [-0.25, -0.2) is 4.79 Å². The van der Waals surface area contributed by atoms with Gasteiger partial charge in [0.2, 0.25) is 0 Å². The van der Waals surface area contributed by atoms with Crippen LogP contribution in [-0.2, 0) is 11.2 Å². The number of benzene rings is 2. The fourth-order valence-corrected chi connectivity index (χ4v) is 4.00. The maximum absolute atomic E-state index is 12.9. The van der Waals surface area contributed by atoms with Crippen LogP contribution in [0.3, 0.4) is 0 Å². The highest BCUT2D eigenvalue weighted by Gasteiger charge is 2.19. The number of hydrogen-bond acceptors (Lipinski definition) is 8. The molecule has 0 radical (unpaired) electrons. The molecule has 0 bridgehead atoms. The van der Waals surface area contributed by atoms with Gasteiger partial charge in [-0.15, -0.1) is 0 Å². The zero-order valence-electron chi connectivity index (χ0n) is 21.9. The Morgan fingerprint density at radius 3 is 2.29 bits per heavy atom. The molecule has 0 aliphatic rings. The Morgan fingerprint density at radius 1 is 0.895 bits per heavy atom. The van der Waals surface area contributed by atoms with Gasteiger partial charge in [-0.05, 0) is 44.2 Å². The van der Waals surface area contributed by atoms with Crippen molar-refractivity contribution in [2.24, 2.45) is 0 Å². The van der Waals surface area contributed by atoms with E-state index < -0.39 is 11.9 Å². The van der Waals surface area contributed by atoms with Gasteiger partial charge in [0.25, 0.3) is 5.91 Å². The highest BCUT2D eigenvalue weighted by molar-refractivity contribution is 6.02. The van der Waals surface area contributed by atoms with E-state index in [-0.39, 0.29) is 12.4 Å². The average Bonchev–Trinajstić information content (AvgIpc) is 3.56. The number of furan rings is 2. The van der Waals surface area contributed by atoms with Crippen molar-refractivity contribution in [1.29, 1.82) is 0 Å². The number of ether oxygens (including phenoxy) is 4. The Kier molecular flexibility index (Phi) is 8.06. The smallest absolute Gasteiger partial charge is 0.341 e. The van der Waals surface area contributed by atoms with E-state index in [1.807, 2.05) is 6.07 Å². The van der Waals surface area contributed by atoms with Crippen molar-refractivity contribution in [3.63, 3.8) is 0 Å². The second-order valence-electron chi connectivity index (χ2n) is 8.29. The number of hydrogen-bond donors (Lipinski definition) is 1. The Bertz CT molecular complexity index is 1420. The molecule has 9 nitrogen and oxygen atoms in total. The summed E-state index contributed by atoms with van der Waals surface area (Å²) in [6, 6.07) is 15.6. The molecule has 2 heterocycles. The molecule has 0 fully saturated rings. The van der Waals surface area contributed by atoms with Crippen molar-refractivity contribution in [3.8, 4) is 28.6 Å². The first-order valence-corrected chi connectivity index (χ1v) is 11.9. The van der Waals surface area contributed by atoms with Gasteiger partial charge in [0.15, 0.2) is 5.76 Å². The Labute approximate surface area is 220 Å². The van der Waals surface area contributed by atoms with E-state index in [1.165, 1.54) is 0 Å². The van der Waals surface area contributed by atoms with Crippen LogP contribution in [0.5, 0.6) is 17.2 Å². The summed E-state index contributed by atoms with van der Waals surface area (Å²) in [7, 11) is 4.69. The topological polar surface area (TPSA) is 109 Å². The van der Waals surface area contributed by atoms with Crippen LogP contribution in [0.25, 0.3) is 11.3 Å². The van der Waals surface area contributed by atoms with Gasteiger partial charge < -0.3 is 33.1 Å². The summed E-state index contributed by atoms with van der Waals surface area (Å²) < 4.78 is 33.0. The van der Waals surface area contributed by atoms with Crippen molar-refractivity contribution >= 4 is 17.6 Å². The highest BCUT2D eigenvalue weighted by atomic mass is 16.5. The summed E-state index contributed by atoms with van der Waals surface area (Å²) >= 11 is 0. The summed E-state index contributed by atoms with van der Waals surface area (Å²) in [5.41, 5.74) is 2.36. The summed E-state index contributed by atoms with van der Waals surface area (Å²) in [4.78, 5) is 25.0. The van der Waals surface area contributed by atoms with Crippen LogP contribution in [0, 0.1) is 6.92 Å². The number of nitrogens with one attached hydrogen (secondary N) is 1. The fourth-order valence-electron chi connectivity index (χ4n) is 4.00. The first-order valence-electron chi connectivity index (χ1n) is 11.9. The van der Waals surface area contributed by atoms with E-state index >= 15 is 0 Å². The second kappa shape index (κ2) is 11.6. The zero-order valence-corrected chi connectivity index (χ0v) is 21.9. The molecule has 2 aromatic carbocycles. The van der Waals surface area contributed by atoms with Gasteiger partial charge in [0.1, 0.15) is 40.1 Å². The molecule has 4 rings (SSSR count). The first kappa shape index (κ1) is 26.4. The quantitative estimate of drug-likeness (QED) is 0.258. The Morgan fingerprint density at radius 2 is 1.63 bits per heavy atom. The van der Waals surface area contributed by atoms with Crippen LogP contribution in [-0.4, -0.2) is 39.8 Å². The molecular formula is C29H29NO8. The monoisotopic (exact) mass is 519 g/mol. The minimum atomic E-state index is -0.442. The molecular weight excluding hydrogens is 490 g/mol. The van der Waals surface area contributed by atoms with E-state index in [9.17, 15) is 9.59 Å². The molecule has 9 heteroatoms. The molecule has 0 saturated carbocycles. The van der Waals surface area contributed by atoms with Gasteiger partial charge in [-0.3, -0.25) is 4.79 Å². The lowest BCUT2D eigenvalue weighted by Crippen LogP contribution is -2.10. The normalized spacial score (nSPS) is 10.7. The molecule has 0 aliphatic heterocycles. The van der Waals surface area contributed by atoms with Gasteiger partial charge in [-0.1, -0.05) is 12.1 Å². The van der Waals surface area contributed by atoms with Crippen molar-refractivity contribution < 1.29 is 37.4 Å². The average molecular weight is 520 g/mol. The van der Waals surface area contributed by atoms with Gasteiger partial charge in [0, 0.05) is 35.4 Å². The van der Waals surface area contributed by atoms with Crippen LogP contribution in [0.1, 0.15) is 44.9 Å². The first-order chi connectivity index (χ1) is 18.4. The molecule has 0 unspecified atom stereocenters. The van der Waals surface area contributed by atoms with Gasteiger partial charge >= 0.3 is 5.97 Å². The number of amides is 1. The molecule has 0 aliphatic carbocycles. The third kappa shape index (κ3) is 5.67. The fraction of sp³-hybridized carbons (Fsp3) is 0.241. The molecule has 0 spiro atoms. The number of rotatable bonds is 10. The third-order valence-electron chi connectivity index (χ3n) is 5.87. The van der Waals surface area contributed by atoms with E-state index in [0.29, 0.717) is 57.8 Å². The predicted molar refractivity (Wildman–Crippen MR) is 140 cm³/mol. The van der Waals surface area contributed by atoms with Crippen LogP contribution in [0.15, 0.2) is 63.4 Å². The Hall–Kier alpha value is -4.66. The molecule has 0 atom stereocenters. The van der Waals surface area contributed by atoms with Crippen molar-refractivity contribution in [2.45, 2.75) is 20.3 Å². The molecule has 2 aromatic heterocycles. The van der Waals surface area contributed by atoms with Crippen molar-refractivity contribution in [1.82, 2.24) is 0 Å². The van der Waals surface area contributed by atoms with Crippen LogP contribution < -0.4 is 19.5 Å². The third-order valence-corrected chi connectivity index (χ3v) is 5.87. The summed E-state index contributed by atoms with van der Waals surface area (Å²) in [6.45, 7) is 3.72. The van der Waals surface area contributed by atoms with Crippen LogP contribution in [0.4, 0.5) is 5.69 Å². The standard InChI is InChI=1S/C29H29NO8/c1-6-36-29(32)22-16-25(37-17(22)2)18-8-7-9-19(12-18)30-28(31)24-11-10-20(38-24)13-23-26(34-4)14-21(33-3)15-27(23)35-5/h7-12,14-16H,6,13H2,1-5H3,(H,30,31). The Balaban J connectivity index is 1.50. The van der Waals surface area contributed by atoms with E-state index in [4.69, 9.17) is 27.8 Å². The lowest BCUT2D eigenvalue weighted by Gasteiger charge is -2.14. The molecule has 198 valence electrons. The minimum absolute atomic E-state index is 0.148. The van der Waals surface area contributed by atoms with Gasteiger partial charge in [-0.2, -0.15) is 0 Å². The van der Waals surface area contributed by atoms with Crippen LogP contribution >= 0.6 is 0 Å². The lowest BCUT2D eigenvalue weighted by atomic mass is 10.1. The maximum Gasteiger partial charge on any atom is 0.341 e. The number of methoxy groups -OCH3 is 3. The largest absolute Gasteiger partial charge is 0.496 e. The molecule has 38 heavy (non-hydrogen) atoms. The number of carbonyl (C=O) groups excluding carboxylic acids is 2. The van der Waals surface area contributed by atoms with Crippen molar-refractivity contribution in [2.75, 3.05) is 33.3 Å². The number of anilines is 1. The van der Waals surface area contributed by atoms with E-state index in [0.717, 1.165) is 5.56 Å². The molecule has 1 N–H and O–H groups in total. The summed E-state index contributed by atoms with van der Waals surface area (Å²) in [5, 5.41) is 2.84. The summed E-state index contributed by atoms with van der Waals surface area (Å²) in [6.07, 6.45) is 0.347. The predicted octanol–water partition coefficient (Wildman–Crippen LogP) is 5.89. The molecule has 0 saturated heterocycles. The maximum atomic E-state index is 12.9. The van der Waals surface area contributed by atoms with E-state index in [2.05, 4.69) is 5.32 Å². The molecule has 1 amide bonds. The zero-order chi connectivity index (χ0) is 27.2. The van der Waals surface area contributed by atoms with E-state index in [1.54, 1.807) is 83.7 Å². The summed E-state index contributed by atoms with van der Waals surface area (Å²) in [5.74, 6) is 2.57.